The highest BCUT2D eigenvalue weighted by Gasteiger charge is 2.24. The van der Waals surface area contributed by atoms with Crippen LogP contribution >= 0.6 is 11.6 Å². The van der Waals surface area contributed by atoms with E-state index in [1.165, 1.54) is 7.11 Å². The van der Waals surface area contributed by atoms with Gasteiger partial charge in [-0.15, -0.1) is 0 Å². The van der Waals surface area contributed by atoms with Crippen LogP contribution in [0.2, 0.25) is 5.02 Å². The van der Waals surface area contributed by atoms with Crippen LogP contribution in [0.15, 0.2) is 66.7 Å². The first kappa shape index (κ1) is 20.0. The standard InChI is InChI=1S/C24H21ClN2O3/c1-30-22-12-9-18(25)15-20(22)23(28)26-19-10-11-21-17(14-19)8-5-13-27(21)24(29)16-6-3-2-4-7-16/h2-4,6-7,9-12,14-15H,5,8,13H2,1H3,(H,26,28). The maximum absolute atomic E-state index is 12.9. The topological polar surface area (TPSA) is 58.6 Å². The molecule has 0 saturated carbocycles. The fraction of sp³-hybridized carbons (Fsp3) is 0.167. The number of amides is 2. The van der Waals surface area contributed by atoms with Gasteiger partial charge < -0.3 is 15.0 Å². The van der Waals surface area contributed by atoms with E-state index in [-0.39, 0.29) is 11.8 Å². The van der Waals surface area contributed by atoms with Gasteiger partial charge in [-0.05, 0) is 66.9 Å². The monoisotopic (exact) mass is 420 g/mol. The van der Waals surface area contributed by atoms with E-state index in [9.17, 15) is 9.59 Å². The van der Waals surface area contributed by atoms with E-state index in [1.807, 2.05) is 48.5 Å². The average Bonchev–Trinajstić information content (AvgIpc) is 2.78. The normalized spacial score (nSPS) is 12.8. The van der Waals surface area contributed by atoms with Crippen molar-refractivity contribution in [1.29, 1.82) is 0 Å². The van der Waals surface area contributed by atoms with Crippen LogP contribution in [-0.2, 0) is 6.42 Å². The van der Waals surface area contributed by atoms with Crippen molar-refractivity contribution >= 4 is 34.8 Å². The van der Waals surface area contributed by atoms with Gasteiger partial charge in [-0.1, -0.05) is 29.8 Å². The molecule has 0 aromatic heterocycles. The molecule has 1 N–H and O–H groups in total. The molecule has 0 atom stereocenters. The zero-order valence-corrected chi connectivity index (χ0v) is 17.3. The molecular formula is C24H21ClN2O3. The predicted octanol–water partition coefficient (Wildman–Crippen LogP) is 5.19. The van der Waals surface area contributed by atoms with E-state index in [2.05, 4.69) is 5.32 Å². The number of nitrogens with zero attached hydrogens (tertiary/aromatic N) is 1. The molecule has 3 aromatic carbocycles. The second-order valence-electron chi connectivity index (χ2n) is 7.07. The highest BCUT2D eigenvalue weighted by Crippen LogP contribution is 2.31. The number of carbonyl (C=O) groups is 2. The maximum atomic E-state index is 12.9. The van der Waals surface area contributed by atoms with Crippen LogP contribution in [0.25, 0.3) is 0 Å². The van der Waals surface area contributed by atoms with Crippen LogP contribution < -0.4 is 15.0 Å². The molecule has 0 aliphatic carbocycles. The zero-order valence-electron chi connectivity index (χ0n) is 16.5. The second kappa shape index (κ2) is 8.59. The number of benzene rings is 3. The van der Waals surface area contributed by atoms with Crippen molar-refractivity contribution in [3.05, 3.63) is 88.4 Å². The fourth-order valence-corrected chi connectivity index (χ4v) is 3.85. The molecule has 0 saturated heterocycles. The highest BCUT2D eigenvalue weighted by molar-refractivity contribution is 6.31. The molecule has 6 heteroatoms. The lowest BCUT2D eigenvalue weighted by molar-refractivity contribution is 0.0983. The van der Waals surface area contributed by atoms with Crippen LogP contribution in [0.4, 0.5) is 11.4 Å². The molecule has 1 aliphatic heterocycles. The first-order chi connectivity index (χ1) is 14.6. The SMILES string of the molecule is COc1ccc(Cl)cc1C(=O)Nc1ccc2c(c1)CCCN2C(=O)c1ccccc1. The Kier molecular flexibility index (Phi) is 5.72. The van der Waals surface area contributed by atoms with Gasteiger partial charge in [-0.3, -0.25) is 9.59 Å². The van der Waals surface area contributed by atoms with Gasteiger partial charge in [0.25, 0.3) is 11.8 Å². The Bertz CT molecular complexity index is 1100. The van der Waals surface area contributed by atoms with Crippen LogP contribution in [0.3, 0.4) is 0 Å². The molecule has 3 aromatic rings. The molecule has 4 rings (SSSR count). The molecule has 0 bridgehead atoms. The third kappa shape index (κ3) is 4.02. The minimum absolute atomic E-state index is 0.0167. The summed E-state index contributed by atoms with van der Waals surface area (Å²) in [5, 5.41) is 3.36. The Morgan fingerprint density at radius 2 is 1.83 bits per heavy atom. The quantitative estimate of drug-likeness (QED) is 0.631. The summed E-state index contributed by atoms with van der Waals surface area (Å²) in [6.07, 6.45) is 1.71. The number of halogens is 1. The lowest BCUT2D eigenvalue weighted by Crippen LogP contribution is -2.35. The van der Waals surface area contributed by atoms with Crippen molar-refractivity contribution in [2.24, 2.45) is 0 Å². The Morgan fingerprint density at radius 1 is 1.03 bits per heavy atom. The number of fused-ring (bicyclic) bond motifs is 1. The number of aryl methyl sites for hydroxylation is 1. The fourth-order valence-electron chi connectivity index (χ4n) is 3.68. The lowest BCUT2D eigenvalue weighted by Gasteiger charge is -2.30. The molecule has 152 valence electrons. The Hall–Kier alpha value is -3.31. The van der Waals surface area contributed by atoms with Crippen molar-refractivity contribution in [3.63, 3.8) is 0 Å². The zero-order chi connectivity index (χ0) is 21.1. The summed E-state index contributed by atoms with van der Waals surface area (Å²) < 4.78 is 5.27. The number of rotatable bonds is 4. The molecule has 5 nitrogen and oxygen atoms in total. The number of nitrogens with one attached hydrogen (secondary N) is 1. The summed E-state index contributed by atoms with van der Waals surface area (Å²) in [5.74, 6) is 0.133. The largest absolute Gasteiger partial charge is 0.496 e. The van der Waals surface area contributed by atoms with E-state index >= 15 is 0 Å². The first-order valence-electron chi connectivity index (χ1n) is 9.71. The van der Waals surface area contributed by atoms with E-state index in [1.54, 1.807) is 23.1 Å². The summed E-state index contributed by atoms with van der Waals surface area (Å²) in [5.41, 5.74) is 3.60. The van der Waals surface area contributed by atoms with E-state index in [0.717, 1.165) is 24.1 Å². The predicted molar refractivity (Wildman–Crippen MR) is 119 cm³/mol. The van der Waals surface area contributed by atoms with E-state index in [0.29, 0.717) is 34.1 Å². The van der Waals surface area contributed by atoms with Crippen molar-refractivity contribution < 1.29 is 14.3 Å². The number of methoxy groups -OCH3 is 1. The van der Waals surface area contributed by atoms with Gasteiger partial charge in [0.05, 0.1) is 12.7 Å². The maximum Gasteiger partial charge on any atom is 0.259 e. The van der Waals surface area contributed by atoms with Crippen molar-refractivity contribution in [2.75, 3.05) is 23.9 Å². The molecule has 0 unspecified atom stereocenters. The summed E-state index contributed by atoms with van der Waals surface area (Å²) in [6.45, 7) is 0.673. The molecule has 30 heavy (non-hydrogen) atoms. The number of hydrogen-bond acceptors (Lipinski definition) is 3. The van der Waals surface area contributed by atoms with Gasteiger partial charge >= 0.3 is 0 Å². The lowest BCUT2D eigenvalue weighted by atomic mass is 10.00. The first-order valence-corrected chi connectivity index (χ1v) is 10.1. The van der Waals surface area contributed by atoms with Crippen LogP contribution in [0.1, 0.15) is 32.7 Å². The molecule has 1 heterocycles. The molecular weight excluding hydrogens is 400 g/mol. The van der Waals surface area contributed by atoms with Crippen LogP contribution in [-0.4, -0.2) is 25.5 Å². The van der Waals surface area contributed by atoms with Crippen molar-refractivity contribution in [2.45, 2.75) is 12.8 Å². The molecule has 0 spiro atoms. The summed E-state index contributed by atoms with van der Waals surface area (Å²) in [4.78, 5) is 27.5. The van der Waals surface area contributed by atoms with Crippen molar-refractivity contribution in [3.8, 4) is 5.75 Å². The third-order valence-electron chi connectivity index (χ3n) is 5.13. The Labute approximate surface area is 180 Å². The molecule has 0 radical (unpaired) electrons. The van der Waals surface area contributed by atoms with Gasteiger partial charge in [0.1, 0.15) is 5.75 Å². The number of anilines is 2. The molecule has 0 fully saturated rings. The summed E-state index contributed by atoms with van der Waals surface area (Å²) >= 11 is 6.04. The Balaban J connectivity index is 1.58. The van der Waals surface area contributed by atoms with Gasteiger partial charge in [-0.25, -0.2) is 0 Å². The Morgan fingerprint density at radius 3 is 2.60 bits per heavy atom. The van der Waals surface area contributed by atoms with E-state index in [4.69, 9.17) is 16.3 Å². The van der Waals surface area contributed by atoms with Gasteiger partial charge in [-0.2, -0.15) is 0 Å². The second-order valence-corrected chi connectivity index (χ2v) is 7.51. The minimum Gasteiger partial charge on any atom is -0.496 e. The van der Waals surface area contributed by atoms with Gasteiger partial charge in [0.2, 0.25) is 0 Å². The summed E-state index contributed by atoms with van der Waals surface area (Å²) in [7, 11) is 1.51. The molecule has 2 amide bonds. The summed E-state index contributed by atoms with van der Waals surface area (Å²) in [6, 6.07) is 19.8. The number of ether oxygens (including phenoxy) is 1. The van der Waals surface area contributed by atoms with Gasteiger partial charge in [0.15, 0.2) is 0 Å². The van der Waals surface area contributed by atoms with Crippen LogP contribution in [0.5, 0.6) is 5.75 Å². The van der Waals surface area contributed by atoms with Crippen LogP contribution in [0, 0.1) is 0 Å². The molecule has 1 aliphatic rings. The minimum atomic E-state index is -0.303. The van der Waals surface area contributed by atoms with Gasteiger partial charge in [0, 0.05) is 28.5 Å². The average molecular weight is 421 g/mol. The van der Waals surface area contributed by atoms with Crippen molar-refractivity contribution in [1.82, 2.24) is 0 Å². The highest BCUT2D eigenvalue weighted by atomic mass is 35.5. The number of hydrogen-bond donors (Lipinski definition) is 1. The van der Waals surface area contributed by atoms with E-state index < -0.39 is 0 Å². The smallest absolute Gasteiger partial charge is 0.259 e. The number of carbonyl (C=O) groups excluding carboxylic acids is 2. The third-order valence-corrected chi connectivity index (χ3v) is 5.36.